The molecule has 0 aliphatic carbocycles. The number of hydrogen-bond donors (Lipinski definition) is 1. The SMILES string of the molecule is COC(=O)C(=N)CC(=NCc1ccc(OC)cc1)C(=O)OC. The van der Waals surface area contributed by atoms with Gasteiger partial charge in [-0.2, -0.15) is 0 Å². The summed E-state index contributed by atoms with van der Waals surface area (Å²) in [5.74, 6) is -0.767. The van der Waals surface area contributed by atoms with Crippen LogP contribution >= 0.6 is 0 Å². The molecule has 1 N–H and O–H groups in total. The molecule has 0 saturated carbocycles. The molecule has 1 aromatic rings. The van der Waals surface area contributed by atoms with Crippen LogP contribution in [0.3, 0.4) is 0 Å². The van der Waals surface area contributed by atoms with E-state index in [1.165, 1.54) is 14.2 Å². The van der Waals surface area contributed by atoms with Crippen molar-refractivity contribution in [1.82, 2.24) is 0 Å². The molecule has 22 heavy (non-hydrogen) atoms. The van der Waals surface area contributed by atoms with Gasteiger partial charge >= 0.3 is 11.9 Å². The topological polar surface area (TPSA) is 98.0 Å². The summed E-state index contributed by atoms with van der Waals surface area (Å²) >= 11 is 0. The number of aliphatic imine (C=N–C) groups is 1. The van der Waals surface area contributed by atoms with Crippen LogP contribution in [-0.2, 0) is 25.6 Å². The van der Waals surface area contributed by atoms with E-state index in [0.29, 0.717) is 5.75 Å². The van der Waals surface area contributed by atoms with Gasteiger partial charge in [-0.3, -0.25) is 10.4 Å². The van der Waals surface area contributed by atoms with E-state index in [0.717, 1.165) is 5.56 Å². The van der Waals surface area contributed by atoms with Crippen molar-refractivity contribution in [2.75, 3.05) is 21.3 Å². The van der Waals surface area contributed by atoms with Gasteiger partial charge < -0.3 is 14.2 Å². The van der Waals surface area contributed by atoms with Crippen LogP contribution in [0.4, 0.5) is 0 Å². The number of rotatable bonds is 7. The maximum atomic E-state index is 11.7. The predicted octanol–water partition coefficient (Wildman–Crippen LogP) is 1.39. The molecule has 0 unspecified atom stereocenters. The van der Waals surface area contributed by atoms with Crippen LogP contribution in [0.15, 0.2) is 29.3 Å². The summed E-state index contributed by atoms with van der Waals surface area (Å²) in [7, 11) is 3.96. The Kier molecular flexibility index (Phi) is 6.75. The Bertz CT molecular complexity index is 578. The smallest absolute Gasteiger partial charge is 0.352 e. The van der Waals surface area contributed by atoms with E-state index in [9.17, 15) is 9.59 Å². The highest BCUT2D eigenvalue weighted by molar-refractivity contribution is 6.47. The van der Waals surface area contributed by atoms with E-state index in [1.807, 2.05) is 12.1 Å². The summed E-state index contributed by atoms with van der Waals surface area (Å²) in [6.45, 7) is 0.225. The minimum absolute atomic E-state index is 0.00582. The third kappa shape index (κ3) is 5.01. The average molecular weight is 306 g/mol. The Balaban J connectivity index is 2.84. The molecule has 1 rings (SSSR count). The van der Waals surface area contributed by atoms with Gasteiger partial charge in [0.15, 0.2) is 0 Å². The lowest BCUT2D eigenvalue weighted by molar-refractivity contribution is -0.133. The van der Waals surface area contributed by atoms with E-state index < -0.39 is 11.9 Å². The molecule has 0 heterocycles. The fourth-order valence-corrected chi connectivity index (χ4v) is 1.59. The lowest BCUT2D eigenvalue weighted by atomic mass is 10.1. The number of ether oxygens (including phenoxy) is 3. The normalized spacial score (nSPS) is 10.8. The van der Waals surface area contributed by atoms with Crippen LogP contribution in [-0.4, -0.2) is 44.7 Å². The van der Waals surface area contributed by atoms with Gasteiger partial charge in [0, 0.05) is 6.42 Å². The van der Waals surface area contributed by atoms with Crippen LogP contribution in [0.1, 0.15) is 12.0 Å². The van der Waals surface area contributed by atoms with Crippen molar-refractivity contribution in [3.63, 3.8) is 0 Å². The van der Waals surface area contributed by atoms with Crippen molar-refractivity contribution in [3.05, 3.63) is 29.8 Å². The van der Waals surface area contributed by atoms with E-state index in [-0.39, 0.29) is 24.4 Å². The van der Waals surface area contributed by atoms with Crippen molar-refractivity contribution in [2.45, 2.75) is 13.0 Å². The van der Waals surface area contributed by atoms with Crippen LogP contribution in [0.25, 0.3) is 0 Å². The molecule has 0 atom stereocenters. The molecule has 1 aromatic carbocycles. The molecule has 7 heteroatoms. The van der Waals surface area contributed by atoms with Crippen LogP contribution < -0.4 is 4.74 Å². The second-order valence-corrected chi connectivity index (χ2v) is 4.25. The van der Waals surface area contributed by atoms with Crippen molar-refractivity contribution in [2.24, 2.45) is 4.99 Å². The van der Waals surface area contributed by atoms with Crippen molar-refractivity contribution in [1.29, 1.82) is 5.41 Å². The lowest BCUT2D eigenvalue weighted by Crippen LogP contribution is -2.24. The molecule has 118 valence electrons. The van der Waals surface area contributed by atoms with Gasteiger partial charge in [-0.1, -0.05) is 12.1 Å². The van der Waals surface area contributed by atoms with Crippen molar-refractivity contribution in [3.8, 4) is 5.75 Å². The molecule has 7 nitrogen and oxygen atoms in total. The number of hydrogen-bond acceptors (Lipinski definition) is 7. The highest BCUT2D eigenvalue weighted by atomic mass is 16.5. The number of nitrogens with zero attached hydrogens (tertiary/aromatic N) is 1. The third-order valence-corrected chi connectivity index (χ3v) is 2.81. The molecule has 0 amide bonds. The molecule has 0 aliphatic rings. The zero-order valence-corrected chi connectivity index (χ0v) is 12.7. The summed E-state index contributed by atoms with van der Waals surface area (Å²) < 4.78 is 14.1. The minimum atomic E-state index is -0.805. The number of nitrogens with one attached hydrogen (secondary N) is 1. The van der Waals surface area contributed by atoms with Gasteiger partial charge in [0.25, 0.3) is 0 Å². The second kappa shape index (κ2) is 8.56. The summed E-state index contributed by atoms with van der Waals surface area (Å²) in [6, 6.07) is 7.17. The highest BCUT2D eigenvalue weighted by Gasteiger charge is 2.18. The number of benzene rings is 1. The summed E-state index contributed by atoms with van der Waals surface area (Å²) in [5.41, 5.74) is 0.488. The minimum Gasteiger partial charge on any atom is -0.497 e. The Hall–Kier alpha value is -2.70. The first kappa shape index (κ1) is 17.4. The largest absolute Gasteiger partial charge is 0.497 e. The van der Waals surface area contributed by atoms with Gasteiger partial charge in [0.2, 0.25) is 0 Å². The first-order chi connectivity index (χ1) is 10.5. The number of esters is 2. The lowest BCUT2D eigenvalue weighted by Gasteiger charge is -2.06. The Morgan fingerprint density at radius 1 is 1.05 bits per heavy atom. The quantitative estimate of drug-likeness (QED) is 0.606. The Labute approximate surface area is 128 Å². The molecular weight excluding hydrogens is 288 g/mol. The zero-order chi connectivity index (χ0) is 16.5. The van der Waals surface area contributed by atoms with Crippen molar-refractivity contribution >= 4 is 23.4 Å². The average Bonchev–Trinajstić information content (AvgIpc) is 2.57. The number of carbonyl (C=O) groups is 2. The van der Waals surface area contributed by atoms with Gasteiger partial charge in [-0.15, -0.1) is 0 Å². The van der Waals surface area contributed by atoms with Crippen LogP contribution in [0, 0.1) is 5.41 Å². The van der Waals surface area contributed by atoms with E-state index in [2.05, 4.69) is 14.5 Å². The van der Waals surface area contributed by atoms with Crippen molar-refractivity contribution < 1.29 is 23.8 Å². The summed E-state index contributed by atoms with van der Waals surface area (Å²) in [4.78, 5) is 27.0. The molecule has 0 fully saturated rings. The molecular formula is C15H18N2O5. The van der Waals surface area contributed by atoms with Gasteiger partial charge in [-0.25, -0.2) is 9.59 Å². The Morgan fingerprint density at radius 2 is 1.64 bits per heavy atom. The highest BCUT2D eigenvalue weighted by Crippen LogP contribution is 2.12. The summed E-state index contributed by atoms with van der Waals surface area (Å²) in [6.07, 6.45) is -0.241. The maximum absolute atomic E-state index is 11.7. The third-order valence-electron chi connectivity index (χ3n) is 2.81. The van der Waals surface area contributed by atoms with Gasteiger partial charge in [0.05, 0.1) is 27.9 Å². The van der Waals surface area contributed by atoms with Gasteiger partial charge in [-0.05, 0) is 17.7 Å². The fourth-order valence-electron chi connectivity index (χ4n) is 1.59. The maximum Gasteiger partial charge on any atom is 0.352 e. The molecule has 0 aromatic heterocycles. The Morgan fingerprint density at radius 3 is 2.14 bits per heavy atom. The molecule has 0 radical (unpaired) electrons. The van der Waals surface area contributed by atoms with E-state index in [1.54, 1.807) is 19.2 Å². The second-order valence-electron chi connectivity index (χ2n) is 4.25. The monoisotopic (exact) mass is 306 g/mol. The molecule has 0 spiro atoms. The fraction of sp³-hybridized carbons (Fsp3) is 0.333. The molecule has 0 saturated heterocycles. The van der Waals surface area contributed by atoms with E-state index >= 15 is 0 Å². The van der Waals surface area contributed by atoms with Crippen LogP contribution in [0.5, 0.6) is 5.75 Å². The van der Waals surface area contributed by atoms with Gasteiger partial charge in [0.1, 0.15) is 17.2 Å². The van der Waals surface area contributed by atoms with E-state index in [4.69, 9.17) is 10.1 Å². The van der Waals surface area contributed by atoms with Crippen LogP contribution in [0.2, 0.25) is 0 Å². The standard InChI is InChI=1S/C15H18N2O5/c1-20-11-6-4-10(5-7-11)9-17-13(15(19)22-3)8-12(16)14(18)21-2/h4-7,16H,8-9H2,1-3H3. The predicted molar refractivity (Wildman–Crippen MR) is 80.5 cm³/mol. The summed E-state index contributed by atoms with van der Waals surface area (Å²) in [5, 5.41) is 7.55. The number of carbonyl (C=O) groups excluding carboxylic acids is 2. The first-order valence-corrected chi connectivity index (χ1v) is 6.42. The molecule has 0 bridgehead atoms. The zero-order valence-electron chi connectivity index (χ0n) is 12.7. The number of methoxy groups -OCH3 is 3. The first-order valence-electron chi connectivity index (χ1n) is 6.42. The molecule has 0 aliphatic heterocycles.